The third-order valence-corrected chi connectivity index (χ3v) is 6.02. The van der Waals surface area contributed by atoms with Gasteiger partial charge in [-0.2, -0.15) is 10.3 Å². The fourth-order valence-corrected chi connectivity index (χ4v) is 3.88. The average molecular weight is 451 g/mol. The van der Waals surface area contributed by atoms with Crippen molar-refractivity contribution in [1.29, 1.82) is 0 Å². The summed E-state index contributed by atoms with van der Waals surface area (Å²) in [4.78, 5) is 4.87. The van der Waals surface area contributed by atoms with E-state index in [2.05, 4.69) is 64.8 Å². The number of benzene rings is 3. The van der Waals surface area contributed by atoms with Crippen molar-refractivity contribution in [3.63, 3.8) is 0 Å². The fourth-order valence-electron chi connectivity index (χ4n) is 3.88. The molecule has 8 heteroatoms. The molecule has 0 aliphatic heterocycles. The molecule has 5 rings (SSSR count). The number of rotatable bonds is 7. The number of nitrogens with two attached hydrogens (primary N) is 1. The van der Waals surface area contributed by atoms with Crippen LogP contribution >= 0.6 is 0 Å². The molecule has 3 aromatic carbocycles. The van der Waals surface area contributed by atoms with Crippen molar-refractivity contribution in [1.82, 2.24) is 35.4 Å². The van der Waals surface area contributed by atoms with Gasteiger partial charge in [0, 0.05) is 22.7 Å². The lowest BCUT2D eigenvalue weighted by Gasteiger charge is -2.10. The first kappa shape index (κ1) is 21.5. The Kier molecular flexibility index (Phi) is 5.86. The van der Waals surface area contributed by atoms with E-state index in [1.165, 1.54) is 0 Å². The Hall–Kier alpha value is -4.33. The van der Waals surface area contributed by atoms with Crippen LogP contribution in [0.3, 0.4) is 0 Å². The van der Waals surface area contributed by atoms with Crippen molar-refractivity contribution in [2.45, 2.75) is 32.7 Å². The standard InChI is InChI=1S/C26H26N8/c1-3-17(2)24-28-26(20-12-14-21(27)15-13-20)34(31-24)16-18-8-10-19(11-9-18)22-6-4-5-7-23(22)25-29-32-33-30-25/h4-15,17H,3,16,27H2,1-2H3,(H,29,30,32,33). The van der Waals surface area contributed by atoms with Crippen molar-refractivity contribution in [3.8, 4) is 33.9 Å². The molecule has 0 saturated heterocycles. The molecule has 8 nitrogen and oxygen atoms in total. The number of H-pyrrole nitrogens is 1. The predicted octanol–water partition coefficient (Wildman–Crippen LogP) is 4.94. The highest BCUT2D eigenvalue weighted by atomic mass is 15.5. The molecule has 1 unspecified atom stereocenters. The zero-order chi connectivity index (χ0) is 23.5. The number of aromatic amines is 1. The Morgan fingerprint density at radius 2 is 1.62 bits per heavy atom. The Morgan fingerprint density at radius 1 is 0.912 bits per heavy atom. The second-order valence-corrected chi connectivity index (χ2v) is 8.36. The molecular formula is C26H26N8. The molecule has 0 saturated carbocycles. The van der Waals surface area contributed by atoms with Gasteiger partial charge in [-0.15, -0.1) is 10.2 Å². The van der Waals surface area contributed by atoms with Crippen LogP contribution in [-0.4, -0.2) is 35.4 Å². The molecule has 34 heavy (non-hydrogen) atoms. The van der Waals surface area contributed by atoms with Crippen LogP contribution in [-0.2, 0) is 6.54 Å². The Balaban J connectivity index is 1.46. The van der Waals surface area contributed by atoms with E-state index in [0.717, 1.165) is 51.6 Å². The first-order chi connectivity index (χ1) is 16.6. The van der Waals surface area contributed by atoms with Crippen molar-refractivity contribution in [3.05, 3.63) is 84.2 Å². The van der Waals surface area contributed by atoms with Crippen LogP contribution in [0.1, 0.15) is 37.6 Å². The Labute approximate surface area is 197 Å². The highest BCUT2D eigenvalue weighted by Crippen LogP contribution is 2.30. The molecule has 5 aromatic rings. The van der Waals surface area contributed by atoms with E-state index in [0.29, 0.717) is 12.4 Å². The summed E-state index contributed by atoms with van der Waals surface area (Å²) in [6, 6.07) is 24.3. The number of nitrogens with zero attached hydrogens (tertiary/aromatic N) is 6. The molecule has 0 radical (unpaired) electrons. The number of aromatic nitrogens is 7. The molecule has 0 bridgehead atoms. The van der Waals surface area contributed by atoms with Crippen LogP contribution in [0, 0.1) is 0 Å². The van der Waals surface area contributed by atoms with Crippen LogP contribution in [0.4, 0.5) is 5.69 Å². The highest BCUT2D eigenvalue weighted by molar-refractivity contribution is 5.80. The fraction of sp³-hybridized carbons (Fsp3) is 0.192. The van der Waals surface area contributed by atoms with Gasteiger partial charge in [0.05, 0.1) is 6.54 Å². The lowest BCUT2D eigenvalue weighted by Crippen LogP contribution is -2.05. The van der Waals surface area contributed by atoms with Gasteiger partial charge in [-0.25, -0.2) is 9.67 Å². The molecule has 1 atom stereocenters. The minimum Gasteiger partial charge on any atom is -0.399 e. The number of nitrogens with one attached hydrogen (secondary N) is 1. The van der Waals surface area contributed by atoms with Crippen molar-refractivity contribution in [2.75, 3.05) is 5.73 Å². The summed E-state index contributed by atoms with van der Waals surface area (Å²) in [5.74, 6) is 2.58. The maximum atomic E-state index is 5.89. The van der Waals surface area contributed by atoms with Crippen molar-refractivity contribution in [2.24, 2.45) is 0 Å². The first-order valence-electron chi connectivity index (χ1n) is 11.3. The van der Waals surface area contributed by atoms with E-state index in [4.69, 9.17) is 15.8 Å². The number of tetrazole rings is 1. The van der Waals surface area contributed by atoms with E-state index >= 15 is 0 Å². The van der Waals surface area contributed by atoms with Crippen LogP contribution < -0.4 is 5.73 Å². The summed E-state index contributed by atoms with van der Waals surface area (Å²) < 4.78 is 1.98. The zero-order valence-corrected chi connectivity index (χ0v) is 19.2. The maximum Gasteiger partial charge on any atom is 0.205 e. The summed E-state index contributed by atoms with van der Waals surface area (Å²) in [6.45, 7) is 4.93. The van der Waals surface area contributed by atoms with Gasteiger partial charge < -0.3 is 5.73 Å². The third kappa shape index (κ3) is 4.30. The van der Waals surface area contributed by atoms with Gasteiger partial charge in [-0.1, -0.05) is 62.4 Å². The molecule has 2 heterocycles. The molecule has 0 fully saturated rings. The van der Waals surface area contributed by atoms with E-state index in [9.17, 15) is 0 Å². The SMILES string of the molecule is CCC(C)c1nc(-c2ccc(N)cc2)n(Cc2ccc(-c3ccccc3-c3nn[nH]n3)cc2)n1. The van der Waals surface area contributed by atoms with E-state index < -0.39 is 0 Å². The lowest BCUT2D eigenvalue weighted by molar-refractivity contribution is 0.633. The molecule has 0 aliphatic carbocycles. The number of hydrogen-bond acceptors (Lipinski definition) is 6. The summed E-state index contributed by atoms with van der Waals surface area (Å²) in [7, 11) is 0. The van der Waals surface area contributed by atoms with Crippen LogP contribution in [0.2, 0.25) is 0 Å². The smallest absolute Gasteiger partial charge is 0.205 e. The van der Waals surface area contributed by atoms with Gasteiger partial charge in [0.25, 0.3) is 0 Å². The van der Waals surface area contributed by atoms with Crippen LogP contribution in [0.25, 0.3) is 33.9 Å². The minimum atomic E-state index is 0.290. The predicted molar refractivity (Wildman–Crippen MR) is 133 cm³/mol. The largest absolute Gasteiger partial charge is 0.399 e. The normalized spacial score (nSPS) is 12.1. The number of hydrogen-bond donors (Lipinski definition) is 2. The highest BCUT2D eigenvalue weighted by Gasteiger charge is 2.16. The summed E-state index contributed by atoms with van der Waals surface area (Å²) >= 11 is 0. The molecule has 2 aromatic heterocycles. The minimum absolute atomic E-state index is 0.290. The zero-order valence-electron chi connectivity index (χ0n) is 19.2. The maximum absolute atomic E-state index is 5.89. The van der Waals surface area contributed by atoms with Gasteiger partial charge in [-0.05, 0) is 52.6 Å². The van der Waals surface area contributed by atoms with Crippen LogP contribution in [0.15, 0.2) is 72.8 Å². The second kappa shape index (κ2) is 9.27. The molecular weight excluding hydrogens is 424 g/mol. The summed E-state index contributed by atoms with van der Waals surface area (Å²) in [5, 5.41) is 19.4. The van der Waals surface area contributed by atoms with Gasteiger partial charge in [0.15, 0.2) is 11.6 Å². The Morgan fingerprint density at radius 3 is 2.29 bits per heavy atom. The van der Waals surface area contributed by atoms with Crippen molar-refractivity contribution < 1.29 is 0 Å². The monoisotopic (exact) mass is 450 g/mol. The van der Waals surface area contributed by atoms with Crippen LogP contribution in [0.5, 0.6) is 0 Å². The second-order valence-electron chi connectivity index (χ2n) is 8.36. The molecule has 0 aliphatic rings. The topological polar surface area (TPSA) is 111 Å². The first-order valence-corrected chi connectivity index (χ1v) is 11.3. The number of anilines is 1. The quantitative estimate of drug-likeness (QED) is 0.340. The van der Waals surface area contributed by atoms with Gasteiger partial charge in [0.2, 0.25) is 5.82 Å². The van der Waals surface area contributed by atoms with Gasteiger partial charge in [0.1, 0.15) is 0 Å². The number of nitrogen functional groups attached to an aromatic ring is 1. The van der Waals surface area contributed by atoms with Crippen molar-refractivity contribution >= 4 is 5.69 Å². The summed E-state index contributed by atoms with van der Waals surface area (Å²) in [6.07, 6.45) is 0.986. The van der Waals surface area contributed by atoms with E-state index in [1.54, 1.807) is 0 Å². The van der Waals surface area contributed by atoms with E-state index in [1.807, 2.05) is 47.1 Å². The van der Waals surface area contributed by atoms with Gasteiger partial charge >= 0.3 is 0 Å². The lowest BCUT2D eigenvalue weighted by atomic mass is 9.98. The molecule has 170 valence electrons. The average Bonchev–Trinajstić information content (AvgIpc) is 3.55. The molecule has 3 N–H and O–H groups in total. The molecule has 0 spiro atoms. The van der Waals surface area contributed by atoms with Gasteiger partial charge in [-0.3, -0.25) is 0 Å². The third-order valence-electron chi connectivity index (χ3n) is 6.02. The Bertz CT molecular complexity index is 1370. The summed E-state index contributed by atoms with van der Waals surface area (Å²) in [5.41, 5.74) is 11.8. The van der Waals surface area contributed by atoms with E-state index in [-0.39, 0.29) is 5.92 Å². The molecule has 0 amide bonds.